The summed E-state index contributed by atoms with van der Waals surface area (Å²) in [6, 6.07) is 0.487. The van der Waals surface area contributed by atoms with Gasteiger partial charge in [-0.25, -0.2) is 8.42 Å². The van der Waals surface area contributed by atoms with Gasteiger partial charge in [0.2, 0.25) is 0 Å². The Balaban J connectivity index is 1.73. The summed E-state index contributed by atoms with van der Waals surface area (Å²) in [6.45, 7) is 2.22. The Morgan fingerprint density at radius 3 is 2.68 bits per heavy atom. The first-order valence-electron chi connectivity index (χ1n) is 7.18. The first-order chi connectivity index (χ1) is 9.05. The molecule has 106 valence electrons. The van der Waals surface area contributed by atoms with Crippen LogP contribution in [0, 0.1) is 5.92 Å². The van der Waals surface area contributed by atoms with Crippen LogP contribution in [0.25, 0.3) is 0 Å². The number of rotatable bonds is 2. The minimum absolute atomic E-state index is 0.341. The quantitative estimate of drug-likeness (QED) is 0.826. The molecule has 0 bridgehead atoms. The van der Waals surface area contributed by atoms with E-state index in [-0.39, 0.29) is 0 Å². The van der Waals surface area contributed by atoms with Gasteiger partial charge in [-0.3, -0.25) is 0 Å². The topological polar surface area (TPSA) is 64.8 Å². The maximum Gasteiger partial charge on any atom is 0.150 e. The van der Waals surface area contributed by atoms with Gasteiger partial charge in [-0.05, 0) is 38.5 Å². The largest absolute Gasteiger partial charge is 0.312 e. The van der Waals surface area contributed by atoms with Crippen molar-refractivity contribution in [3.8, 4) is 0 Å². The molecule has 1 aromatic heterocycles. The summed E-state index contributed by atoms with van der Waals surface area (Å²) in [5.74, 6) is 3.30. The number of hydrogen-bond donors (Lipinski definition) is 0. The van der Waals surface area contributed by atoms with E-state index in [4.69, 9.17) is 0 Å². The van der Waals surface area contributed by atoms with Crippen molar-refractivity contribution in [2.75, 3.05) is 11.5 Å². The molecule has 2 aliphatic rings. The van der Waals surface area contributed by atoms with Crippen molar-refractivity contribution in [2.45, 2.75) is 51.5 Å². The van der Waals surface area contributed by atoms with E-state index in [0.29, 0.717) is 23.5 Å². The van der Waals surface area contributed by atoms with Gasteiger partial charge >= 0.3 is 0 Å². The van der Waals surface area contributed by atoms with Crippen molar-refractivity contribution in [1.82, 2.24) is 14.8 Å². The second kappa shape index (κ2) is 4.89. The summed E-state index contributed by atoms with van der Waals surface area (Å²) < 4.78 is 25.2. The number of aromatic nitrogens is 3. The van der Waals surface area contributed by atoms with Crippen LogP contribution in [0.3, 0.4) is 0 Å². The summed E-state index contributed by atoms with van der Waals surface area (Å²) >= 11 is 0. The van der Waals surface area contributed by atoms with Crippen LogP contribution in [0.15, 0.2) is 0 Å². The van der Waals surface area contributed by atoms with Crippen LogP contribution in [0.1, 0.15) is 50.3 Å². The van der Waals surface area contributed by atoms with Gasteiger partial charge < -0.3 is 4.57 Å². The minimum atomic E-state index is -2.77. The molecular weight excluding hydrogens is 262 g/mol. The predicted molar refractivity (Wildman–Crippen MR) is 72.8 cm³/mol. The fraction of sp³-hybridized carbons (Fsp3) is 0.846. The van der Waals surface area contributed by atoms with E-state index in [1.54, 1.807) is 0 Å². The molecule has 19 heavy (non-hydrogen) atoms. The second-order valence-corrected chi connectivity index (χ2v) is 8.25. The van der Waals surface area contributed by atoms with Crippen LogP contribution >= 0.6 is 0 Å². The molecule has 3 heterocycles. The lowest BCUT2D eigenvalue weighted by molar-refractivity contribution is 0.390. The molecule has 1 aromatic rings. The summed E-state index contributed by atoms with van der Waals surface area (Å²) in [6.07, 6.45) is 5.85. The van der Waals surface area contributed by atoms with Crippen LogP contribution < -0.4 is 0 Å². The van der Waals surface area contributed by atoms with E-state index in [0.717, 1.165) is 37.3 Å². The zero-order valence-electron chi connectivity index (χ0n) is 11.4. The van der Waals surface area contributed by atoms with Gasteiger partial charge in [0, 0.05) is 18.9 Å². The van der Waals surface area contributed by atoms with Crippen LogP contribution in [0.4, 0.5) is 0 Å². The van der Waals surface area contributed by atoms with Crippen molar-refractivity contribution in [3.63, 3.8) is 0 Å². The highest BCUT2D eigenvalue weighted by Crippen LogP contribution is 2.28. The lowest BCUT2D eigenvalue weighted by atomic mass is 9.97. The number of aryl methyl sites for hydroxylation is 1. The SMILES string of the molecule is CC1CCCc2nnc(CC3CCS(=O)(=O)CC3)n21. The van der Waals surface area contributed by atoms with E-state index in [9.17, 15) is 8.42 Å². The standard InChI is InChI=1S/C13H21N3O2S/c1-10-3-2-4-12-14-15-13(16(10)12)9-11-5-7-19(17,18)8-6-11/h10-11H,2-9H2,1H3. The Kier molecular flexibility index (Phi) is 3.37. The first kappa shape index (κ1) is 13.1. The average molecular weight is 283 g/mol. The minimum Gasteiger partial charge on any atom is -0.312 e. The maximum absolute atomic E-state index is 11.5. The highest BCUT2D eigenvalue weighted by atomic mass is 32.2. The van der Waals surface area contributed by atoms with E-state index in [2.05, 4.69) is 21.7 Å². The third-order valence-electron chi connectivity index (χ3n) is 4.45. The van der Waals surface area contributed by atoms with Gasteiger partial charge in [-0.1, -0.05) is 0 Å². The van der Waals surface area contributed by atoms with E-state index in [1.807, 2.05) is 0 Å². The van der Waals surface area contributed by atoms with Crippen LogP contribution in [-0.2, 0) is 22.7 Å². The maximum atomic E-state index is 11.5. The Hall–Kier alpha value is -0.910. The van der Waals surface area contributed by atoms with Crippen molar-refractivity contribution in [2.24, 2.45) is 5.92 Å². The average Bonchev–Trinajstić information content (AvgIpc) is 2.77. The number of nitrogens with zero attached hydrogens (tertiary/aromatic N) is 3. The van der Waals surface area contributed by atoms with Gasteiger partial charge in [0.1, 0.15) is 21.5 Å². The monoisotopic (exact) mass is 283 g/mol. The molecule has 0 spiro atoms. The highest BCUT2D eigenvalue weighted by Gasteiger charge is 2.27. The third-order valence-corrected chi connectivity index (χ3v) is 6.16. The van der Waals surface area contributed by atoms with Gasteiger partial charge in [0.05, 0.1) is 11.5 Å². The Bertz CT molecular complexity index is 550. The zero-order chi connectivity index (χ0) is 13.5. The summed E-state index contributed by atoms with van der Waals surface area (Å²) in [4.78, 5) is 0. The zero-order valence-corrected chi connectivity index (χ0v) is 12.2. The number of sulfone groups is 1. The van der Waals surface area contributed by atoms with Crippen molar-refractivity contribution < 1.29 is 8.42 Å². The lowest BCUT2D eigenvalue weighted by Crippen LogP contribution is -2.26. The predicted octanol–water partition coefficient (Wildman–Crippen LogP) is 1.54. The fourth-order valence-electron chi connectivity index (χ4n) is 3.27. The van der Waals surface area contributed by atoms with Gasteiger partial charge in [-0.2, -0.15) is 0 Å². The van der Waals surface area contributed by atoms with Crippen molar-refractivity contribution in [1.29, 1.82) is 0 Å². The Morgan fingerprint density at radius 1 is 1.21 bits per heavy atom. The van der Waals surface area contributed by atoms with Crippen molar-refractivity contribution in [3.05, 3.63) is 11.6 Å². The second-order valence-electron chi connectivity index (χ2n) is 5.94. The molecule has 5 nitrogen and oxygen atoms in total. The summed E-state index contributed by atoms with van der Waals surface area (Å²) in [5.41, 5.74) is 0. The molecule has 1 saturated heterocycles. The Morgan fingerprint density at radius 2 is 1.95 bits per heavy atom. The van der Waals surface area contributed by atoms with E-state index < -0.39 is 9.84 Å². The van der Waals surface area contributed by atoms with Crippen LogP contribution in [0.2, 0.25) is 0 Å². The Labute approximate surface area is 114 Å². The van der Waals surface area contributed by atoms with Gasteiger partial charge in [-0.15, -0.1) is 10.2 Å². The van der Waals surface area contributed by atoms with Gasteiger partial charge in [0.25, 0.3) is 0 Å². The molecule has 0 aliphatic carbocycles. The fourth-order valence-corrected chi connectivity index (χ4v) is 4.85. The number of fused-ring (bicyclic) bond motifs is 1. The molecule has 0 N–H and O–H groups in total. The van der Waals surface area contributed by atoms with Crippen LogP contribution in [-0.4, -0.2) is 34.7 Å². The molecule has 1 fully saturated rings. The first-order valence-corrected chi connectivity index (χ1v) is 9.00. The molecule has 2 aliphatic heterocycles. The molecule has 0 saturated carbocycles. The van der Waals surface area contributed by atoms with E-state index >= 15 is 0 Å². The van der Waals surface area contributed by atoms with Crippen molar-refractivity contribution >= 4 is 9.84 Å². The molecule has 6 heteroatoms. The third kappa shape index (κ3) is 2.68. The normalized spacial score (nSPS) is 27.1. The van der Waals surface area contributed by atoms with Crippen LogP contribution in [0.5, 0.6) is 0 Å². The molecule has 3 rings (SSSR count). The molecule has 0 amide bonds. The molecular formula is C13H21N3O2S. The molecule has 1 atom stereocenters. The summed E-state index contributed by atoms with van der Waals surface area (Å²) in [5, 5.41) is 8.64. The number of hydrogen-bond acceptors (Lipinski definition) is 4. The van der Waals surface area contributed by atoms with Gasteiger partial charge in [0.15, 0.2) is 0 Å². The van der Waals surface area contributed by atoms with E-state index in [1.165, 1.54) is 12.8 Å². The smallest absolute Gasteiger partial charge is 0.150 e. The lowest BCUT2D eigenvalue weighted by Gasteiger charge is -2.25. The molecule has 1 unspecified atom stereocenters. The highest BCUT2D eigenvalue weighted by molar-refractivity contribution is 7.91. The molecule has 0 radical (unpaired) electrons. The summed E-state index contributed by atoms with van der Waals surface area (Å²) in [7, 11) is -2.77. The molecule has 0 aromatic carbocycles.